The highest BCUT2D eigenvalue weighted by Gasteiger charge is 2.23. The first-order chi connectivity index (χ1) is 13.5. The fourth-order valence-corrected chi connectivity index (χ4v) is 2.76. The number of fused-ring (bicyclic) bond motifs is 1. The largest absolute Gasteiger partial charge is 0.491 e. The molecule has 9 heteroatoms. The number of rotatable bonds is 5. The van der Waals surface area contributed by atoms with Crippen LogP contribution < -0.4 is 20.7 Å². The first kappa shape index (κ1) is 17.5. The number of carbonyl (C=O) groups is 2. The molecule has 3 aromatic rings. The summed E-state index contributed by atoms with van der Waals surface area (Å²) in [5, 5.41) is 12.1. The summed E-state index contributed by atoms with van der Waals surface area (Å²) < 4.78 is 7.30. The Morgan fingerprint density at radius 2 is 2.07 bits per heavy atom. The Hall–Kier alpha value is -3.88. The number of hydrogen-bond acceptors (Lipinski definition) is 6. The number of nitrogens with zero attached hydrogens (tertiary/aromatic N) is 3. The molecule has 0 unspecified atom stereocenters. The van der Waals surface area contributed by atoms with Crippen molar-refractivity contribution in [1.29, 1.82) is 0 Å². The van der Waals surface area contributed by atoms with Crippen LogP contribution in [0.4, 0.5) is 16.3 Å². The molecule has 1 aromatic carbocycles. The second-order valence-electron chi connectivity index (χ2n) is 6.47. The molecular weight excluding hydrogens is 360 g/mol. The number of carbonyl (C=O) groups excluding carboxylic acids is 2. The van der Waals surface area contributed by atoms with Crippen LogP contribution >= 0.6 is 0 Å². The van der Waals surface area contributed by atoms with Gasteiger partial charge in [0.15, 0.2) is 5.65 Å². The molecule has 1 saturated heterocycles. The van der Waals surface area contributed by atoms with Crippen molar-refractivity contribution in [1.82, 2.24) is 25.2 Å². The van der Waals surface area contributed by atoms with E-state index in [-0.39, 0.29) is 11.8 Å². The lowest BCUT2D eigenvalue weighted by Gasteiger charge is -2.12. The maximum absolute atomic E-state index is 11.7. The number of nitrogens with one attached hydrogen (secondary N) is 3. The van der Waals surface area contributed by atoms with E-state index in [1.807, 2.05) is 38.1 Å². The van der Waals surface area contributed by atoms with E-state index < -0.39 is 11.9 Å². The quantitative estimate of drug-likeness (QED) is 0.465. The zero-order valence-corrected chi connectivity index (χ0v) is 15.3. The van der Waals surface area contributed by atoms with Gasteiger partial charge in [-0.2, -0.15) is 5.10 Å². The Balaban J connectivity index is 1.62. The second-order valence-corrected chi connectivity index (χ2v) is 6.47. The van der Waals surface area contributed by atoms with E-state index in [1.165, 1.54) is 6.08 Å². The highest BCUT2D eigenvalue weighted by atomic mass is 16.5. The molecule has 28 heavy (non-hydrogen) atoms. The van der Waals surface area contributed by atoms with Gasteiger partial charge in [0.25, 0.3) is 5.91 Å². The Bertz CT molecular complexity index is 1100. The Morgan fingerprint density at radius 3 is 2.82 bits per heavy atom. The van der Waals surface area contributed by atoms with E-state index in [0.29, 0.717) is 17.0 Å². The van der Waals surface area contributed by atoms with Crippen LogP contribution in [-0.2, 0) is 4.79 Å². The summed E-state index contributed by atoms with van der Waals surface area (Å²) in [5.74, 6) is 0.883. The lowest BCUT2D eigenvalue weighted by atomic mass is 10.2. The van der Waals surface area contributed by atoms with Gasteiger partial charge in [0.05, 0.1) is 12.3 Å². The maximum Gasteiger partial charge on any atom is 0.326 e. The first-order valence-corrected chi connectivity index (χ1v) is 8.70. The van der Waals surface area contributed by atoms with Crippen molar-refractivity contribution in [3.63, 3.8) is 0 Å². The Morgan fingerprint density at radius 1 is 1.21 bits per heavy atom. The van der Waals surface area contributed by atoms with Crippen molar-refractivity contribution in [2.24, 2.45) is 0 Å². The number of urea groups is 1. The summed E-state index contributed by atoms with van der Waals surface area (Å²) in [5.41, 5.74) is 2.13. The average molecular weight is 378 g/mol. The van der Waals surface area contributed by atoms with Crippen LogP contribution in [0.15, 0.2) is 48.4 Å². The topological polar surface area (TPSA) is 110 Å². The highest BCUT2D eigenvalue weighted by molar-refractivity contribution is 6.14. The van der Waals surface area contributed by atoms with Crippen molar-refractivity contribution in [2.45, 2.75) is 20.0 Å². The molecule has 1 aliphatic rings. The van der Waals surface area contributed by atoms with E-state index in [4.69, 9.17) is 4.74 Å². The van der Waals surface area contributed by atoms with Crippen LogP contribution in [0.2, 0.25) is 0 Å². The maximum atomic E-state index is 11.7. The Kier molecular flexibility index (Phi) is 4.40. The molecule has 3 amide bonds. The van der Waals surface area contributed by atoms with E-state index in [0.717, 1.165) is 11.4 Å². The van der Waals surface area contributed by atoms with Crippen LogP contribution in [0.25, 0.3) is 11.7 Å². The van der Waals surface area contributed by atoms with E-state index in [1.54, 1.807) is 23.0 Å². The van der Waals surface area contributed by atoms with Gasteiger partial charge >= 0.3 is 6.03 Å². The molecule has 0 bridgehead atoms. The minimum atomic E-state index is -0.550. The average Bonchev–Trinajstić information content (AvgIpc) is 3.17. The molecule has 0 spiro atoms. The zero-order chi connectivity index (χ0) is 19.7. The molecule has 9 nitrogen and oxygen atoms in total. The van der Waals surface area contributed by atoms with Crippen LogP contribution in [-0.4, -0.2) is 32.6 Å². The van der Waals surface area contributed by atoms with Crippen molar-refractivity contribution >= 4 is 35.2 Å². The molecule has 3 N–H and O–H groups in total. The highest BCUT2D eigenvalue weighted by Crippen LogP contribution is 2.22. The lowest BCUT2D eigenvalue weighted by molar-refractivity contribution is -0.115. The molecule has 0 radical (unpaired) electrons. The summed E-state index contributed by atoms with van der Waals surface area (Å²) >= 11 is 0. The van der Waals surface area contributed by atoms with Crippen molar-refractivity contribution in [3.8, 4) is 5.75 Å². The van der Waals surface area contributed by atoms with Crippen LogP contribution in [0, 0.1) is 0 Å². The molecule has 1 fully saturated rings. The number of imide groups is 1. The van der Waals surface area contributed by atoms with E-state index in [9.17, 15) is 9.59 Å². The monoisotopic (exact) mass is 378 g/mol. The molecule has 0 atom stereocenters. The van der Waals surface area contributed by atoms with Crippen molar-refractivity contribution in [3.05, 3.63) is 54.0 Å². The van der Waals surface area contributed by atoms with Gasteiger partial charge in [-0.25, -0.2) is 14.3 Å². The third-order valence-corrected chi connectivity index (χ3v) is 3.89. The second kappa shape index (κ2) is 7.03. The van der Waals surface area contributed by atoms with Gasteiger partial charge in [-0.1, -0.05) is 6.07 Å². The van der Waals surface area contributed by atoms with Gasteiger partial charge in [0.1, 0.15) is 17.3 Å². The molecule has 4 rings (SSSR count). The minimum absolute atomic E-state index is 0.0837. The predicted molar refractivity (Wildman–Crippen MR) is 103 cm³/mol. The smallest absolute Gasteiger partial charge is 0.326 e. The van der Waals surface area contributed by atoms with Gasteiger partial charge < -0.3 is 15.4 Å². The van der Waals surface area contributed by atoms with Gasteiger partial charge in [0.2, 0.25) is 0 Å². The number of hydrogen-bond donors (Lipinski definition) is 3. The fourth-order valence-electron chi connectivity index (χ4n) is 2.76. The SMILES string of the molecule is CC(C)Oc1cccc(Nc2ccn3ncc(/C=C4\NC(=O)NC4=O)c3n2)c1. The van der Waals surface area contributed by atoms with Crippen LogP contribution in [0.1, 0.15) is 19.4 Å². The van der Waals surface area contributed by atoms with Gasteiger partial charge in [-0.05, 0) is 38.1 Å². The summed E-state index contributed by atoms with van der Waals surface area (Å²) in [4.78, 5) is 27.6. The standard InChI is InChI=1S/C19H18N6O3/c1-11(2)28-14-5-3-4-13(9-14)21-16-6-7-25-17(23-16)12(10-20-25)8-15-18(26)24-19(27)22-15/h3-11H,1-2H3,(H,21,23)(H2,22,24,26,27)/b15-8-. The summed E-state index contributed by atoms with van der Waals surface area (Å²) in [6.45, 7) is 3.94. The summed E-state index contributed by atoms with van der Waals surface area (Å²) in [7, 11) is 0. The lowest BCUT2D eigenvalue weighted by Crippen LogP contribution is -2.22. The van der Waals surface area contributed by atoms with Crippen molar-refractivity contribution < 1.29 is 14.3 Å². The third kappa shape index (κ3) is 3.63. The zero-order valence-electron chi connectivity index (χ0n) is 15.3. The number of anilines is 2. The van der Waals surface area contributed by atoms with Gasteiger partial charge in [0, 0.05) is 23.5 Å². The normalized spacial score (nSPS) is 15.2. The predicted octanol–water partition coefficient (Wildman–Crippen LogP) is 2.44. The number of amides is 3. The number of benzene rings is 1. The molecule has 0 aliphatic carbocycles. The van der Waals surface area contributed by atoms with Crippen molar-refractivity contribution in [2.75, 3.05) is 5.32 Å². The Labute approximate surface area is 160 Å². The summed E-state index contributed by atoms with van der Waals surface area (Å²) in [6, 6.07) is 8.84. The molecule has 0 saturated carbocycles. The molecule has 142 valence electrons. The molecular formula is C19H18N6O3. The van der Waals surface area contributed by atoms with E-state index >= 15 is 0 Å². The van der Waals surface area contributed by atoms with Gasteiger partial charge in [-0.3, -0.25) is 10.1 Å². The van der Waals surface area contributed by atoms with E-state index in [2.05, 4.69) is 26.0 Å². The molecule has 1 aliphatic heterocycles. The molecule has 3 heterocycles. The first-order valence-electron chi connectivity index (χ1n) is 8.70. The number of aromatic nitrogens is 3. The molecule has 2 aromatic heterocycles. The number of ether oxygens (including phenoxy) is 1. The van der Waals surface area contributed by atoms with Gasteiger partial charge in [-0.15, -0.1) is 0 Å². The minimum Gasteiger partial charge on any atom is -0.491 e. The fraction of sp³-hybridized carbons (Fsp3) is 0.158. The van der Waals surface area contributed by atoms with Crippen LogP contribution in [0.5, 0.6) is 5.75 Å². The van der Waals surface area contributed by atoms with Crippen LogP contribution in [0.3, 0.4) is 0 Å². The summed E-state index contributed by atoms with van der Waals surface area (Å²) in [6.07, 6.45) is 4.96. The third-order valence-electron chi connectivity index (χ3n) is 3.89.